The Bertz CT molecular complexity index is 964. The van der Waals surface area contributed by atoms with E-state index < -0.39 is 10.9 Å². The highest BCUT2D eigenvalue weighted by molar-refractivity contribution is 5.97. The Kier molecular flexibility index (Phi) is 6.16. The molecule has 7 heteroatoms. The van der Waals surface area contributed by atoms with Gasteiger partial charge in [0.15, 0.2) is 0 Å². The first kappa shape index (κ1) is 20.6. The fourth-order valence-electron chi connectivity index (χ4n) is 2.42. The number of nitro benzene ring substituents is 1. The van der Waals surface area contributed by atoms with Crippen LogP contribution < -0.4 is 4.74 Å². The van der Waals surface area contributed by atoms with Gasteiger partial charge in [-0.2, -0.15) is 5.26 Å². The van der Waals surface area contributed by atoms with E-state index in [2.05, 4.69) is 25.5 Å². The summed E-state index contributed by atoms with van der Waals surface area (Å²) in [7, 11) is 1.15. The van der Waals surface area contributed by atoms with Crippen molar-refractivity contribution in [3.8, 4) is 17.6 Å². The minimum Gasteiger partial charge on any atom is -0.465 e. The molecule has 0 unspecified atom stereocenters. The Balaban J connectivity index is 2.36. The Hall–Kier alpha value is -3.66. The molecule has 28 heavy (non-hydrogen) atoms. The van der Waals surface area contributed by atoms with Crippen molar-refractivity contribution in [1.82, 2.24) is 0 Å². The van der Waals surface area contributed by atoms with Crippen molar-refractivity contribution >= 4 is 17.7 Å². The Labute approximate surface area is 163 Å². The van der Waals surface area contributed by atoms with E-state index in [1.807, 2.05) is 12.1 Å². The normalized spacial score (nSPS) is 11.5. The van der Waals surface area contributed by atoms with Gasteiger partial charge in [0.2, 0.25) is 5.75 Å². The molecule has 0 saturated carbocycles. The maximum Gasteiger partial charge on any atom is 0.348 e. The van der Waals surface area contributed by atoms with E-state index in [0.29, 0.717) is 11.3 Å². The Morgan fingerprint density at radius 3 is 2.32 bits per heavy atom. The average molecular weight is 380 g/mol. The zero-order valence-corrected chi connectivity index (χ0v) is 16.1. The molecule has 0 fully saturated rings. The van der Waals surface area contributed by atoms with Crippen LogP contribution in [0.4, 0.5) is 5.69 Å². The number of hydrogen-bond donors (Lipinski definition) is 0. The monoisotopic (exact) mass is 380 g/mol. The molecule has 0 radical (unpaired) electrons. The highest BCUT2D eigenvalue weighted by Gasteiger charge is 2.18. The molecular weight excluding hydrogens is 360 g/mol. The molecule has 2 aromatic rings. The lowest BCUT2D eigenvalue weighted by Crippen LogP contribution is -2.10. The maximum atomic E-state index is 11.5. The van der Waals surface area contributed by atoms with Gasteiger partial charge in [0.05, 0.1) is 12.0 Å². The highest BCUT2D eigenvalue weighted by atomic mass is 16.6. The molecule has 0 aliphatic carbocycles. The summed E-state index contributed by atoms with van der Waals surface area (Å²) >= 11 is 0. The molecule has 0 spiro atoms. The summed E-state index contributed by atoms with van der Waals surface area (Å²) < 4.78 is 10.2. The summed E-state index contributed by atoms with van der Waals surface area (Å²) in [6, 6.07) is 13.2. The van der Waals surface area contributed by atoms with Crippen molar-refractivity contribution in [3.05, 3.63) is 69.3 Å². The molecule has 2 rings (SSSR count). The number of carbonyl (C=O) groups is 1. The van der Waals surface area contributed by atoms with E-state index in [4.69, 9.17) is 10.00 Å². The molecule has 0 aliphatic heterocycles. The molecule has 0 amide bonds. The molecule has 0 bridgehead atoms. The lowest BCUT2D eigenvalue weighted by molar-refractivity contribution is -0.385. The number of hydrogen-bond acceptors (Lipinski definition) is 6. The number of esters is 1. The number of rotatable bonds is 5. The summed E-state index contributed by atoms with van der Waals surface area (Å²) in [4.78, 5) is 22.4. The molecule has 0 saturated heterocycles. The fourth-order valence-corrected chi connectivity index (χ4v) is 2.42. The highest BCUT2D eigenvalue weighted by Crippen LogP contribution is 2.33. The second kappa shape index (κ2) is 8.35. The molecule has 0 atom stereocenters. The number of nitriles is 1. The number of benzene rings is 2. The van der Waals surface area contributed by atoms with Crippen LogP contribution in [-0.2, 0) is 14.9 Å². The van der Waals surface area contributed by atoms with Gasteiger partial charge in [0, 0.05) is 6.07 Å². The second-order valence-corrected chi connectivity index (χ2v) is 7.02. The van der Waals surface area contributed by atoms with Gasteiger partial charge in [-0.05, 0) is 40.8 Å². The van der Waals surface area contributed by atoms with Crippen molar-refractivity contribution in [3.63, 3.8) is 0 Å². The van der Waals surface area contributed by atoms with Gasteiger partial charge in [0.1, 0.15) is 17.4 Å². The SMILES string of the molecule is COC(=O)/C(C#N)=C/c1ccc(Oc2ccc(C(C)(C)C)cc2)c([N+](=O)[O-])c1. The number of methoxy groups -OCH3 is 1. The zero-order chi connectivity index (χ0) is 20.9. The lowest BCUT2D eigenvalue weighted by Gasteiger charge is -2.19. The van der Waals surface area contributed by atoms with E-state index in [9.17, 15) is 14.9 Å². The molecule has 2 aromatic carbocycles. The third-order valence-electron chi connectivity index (χ3n) is 3.96. The van der Waals surface area contributed by atoms with Gasteiger partial charge in [0.25, 0.3) is 0 Å². The van der Waals surface area contributed by atoms with Crippen molar-refractivity contribution in [2.24, 2.45) is 0 Å². The maximum absolute atomic E-state index is 11.5. The van der Waals surface area contributed by atoms with Crippen LogP contribution >= 0.6 is 0 Å². The smallest absolute Gasteiger partial charge is 0.348 e. The number of ether oxygens (including phenoxy) is 2. The van der Waals surface area contributed by atoms with Gasteiger partial charge in [-0.3, -0.25) is 10.1 Å². The van der Waals surface area contributed by atoms with Crippen LogP contribution in [0.5, 0.6) is 11.5 Å². The van der Waals surface area contributed by atoms with E-state index in [-0.39, 0.29) is 22.4 Å². The van der Waals surface area contributed by atoms with Crippen molar-refractivity contribution in [2.45, 2.75) is 26.2 Å². The summed E-state index contributed by atoms with van der Waals surface area (Å²) in [5.74, 6) is -0.293. The summed E-state index contributed by atoms with van der Waals surface area (Å²) in [6.07, 6.45) is 1.22. The zero-order valence-electron chi connectivity index (χ0n) is 16.1. The van der Waals surface area contributed by atoms with Crippen molar-refractivity contribution in [2.75, 3.05) is 7.11 Å². The molecule has 0 N–H and O–H groups in total. The minimum absolute atomic E-state index is 0.0173. The first-order chi connectivity index (χ1) is 13.2. The average Bonchev–Trinajstić information content (AvgIpc) is 2.66. The minimum atomic E-state index is -0.815. The van der Waals surface area contributed by atoms with Crippen LogP contribution in [0.3, 0.4) is 0 Å². The quantitative estimate of drug-likeness (QED) is 0.243. The van der Waals surface area contributed by atoms with Crippen LogP contribution in [0.15, 0.2) is 48.0 Å². The van der Waals surface area contributed by atoms with E-state index >= 15 is 0 Å². The third-order valence-corrected chi connectivity index (χ3v) is 3.96. The summed E-state index contributed by atoms with van der Waals surface area (Å²) in [5.41, 5.74) is 0.862. The number of carbonyl (C=O) groups excluding carboxylic acids is 1. The molecule has 0 aliphatic rings. The first-order valence-corrected chi connectivity index (χ1v) is 8.42. The predicted octanol–water partition coefficient (Wildman–Crippen LogP) is 4.76. The van der Waals surface area contributed by atoms with E-state index in [1.165, 1.54) is 24.3 Å². The summed E-state index contributed by atoms with van der Waals surface area (Å²) in [5, 5.41) is 20.5. The van der Waals surface area contributed by atoms with Gasteiger partial charge < -0.3 is 9.47 Å². The van der Waals surface area contributed by atoms with E-state index in [0.717, 1.165) is 12.7 Å². The molecule has 0 aromatic heterocycles. The largest absolute Gasteiger partial charge is 0.465 e. The van der Waals surface area contributed by atoms with Crippen LogP contribution in [0.1, 0.15) is 31.9 Å². The molecule has 144 valence electrons. The van der Waals surface area contributed by atoms with Crippen molar-refractivity contribution < 1.29 is 19.2 Å². The van der Waals surface area contributed by atoms with Crippen LogP contribution in [0, 0.1) is 21.4 Å². The summed E-state index contributed by atoms with van der Waals surface area (Å²) in [6.45, 7) is 6.26. The van der Waals surface area contributed by atoms with E-state index in [1.54, 1.807) is 18.2 Å². The van der Waals surface area contributed by atoms with Crippen LogP contribution in [0.25, 0.3) is 6.08 Å². The third kappa shape index (κ3) is 4.95. The van der Waals surface area contributed by atoms with Gasteiger partial charge in [-0.1, -0.05) is 39.0 Å². The number of nitrogens with zero attached hydrogens (tertiary/aromatic N) is 2. The second-order valence-electron chi connectivity index (χ2n) is 7.02. The van der Waals surface area contributed by atoms with Gasteiger partial charge >= 0.3 is 11.7 Å². The van der Waals surface area contributed by atoms with Gasteiger partial charge in [-0.25, -0.2) is 4.79 Å². The van der Waals surface area contributed by atoms with Crippen molar-refractivity contribution in [1.29, 1.82) is 5.26 Å². The molecule has 0 heterocycles. The topological polar surface area (TPSA) is 102 Å². The number of nitro groups is 1. The van der Waals surface area contributed by atoms with Crippen LogP contribution in [-0.4, -0.2) is 18.0 Å². The molecule has 7 nitrogen and oxygen atoms in total. The first-order valence-electron chi connectivity index (χ1n) is 8.42. The van der Waals surface area contributed by atoms with Gasteiger partial charge in [-0.15, -0.1) is 0 Å². The Morgan fingerprint density at radius 2 is 1.82 bits per heavy atom. The van der Waals surface area contributed by atoms with Crippen LogP contribution in [0.2, 0.25) is 0 Å². The lowest BCUT2D eigenvalue weighted by atomic mass is 9.87. The predicted molar refractivity (Wildman–Crippen MR) is 104 cm³/mol. The standard InChI is InChI=1S/C21H20N2O5/c1-21(2,3)16-6-8-17(9-7-16)28-19-10-5-14(12-18(19)23(25)26)11-15(13-22)20(24)27-4/h5-12H,1-4H3/b15-11+. The Morgan fingerprint density at radius 1 is 1.18 bits per heavy atom. The fraction of sp³-hybridized carbons (Fsp3) is 0.238. The molecular formula is C21H20N2O5.